The average Bonchev–Trinajstić information content (AvgIpc) is 3.04. The van der Waals surface area contributed by atoms with Crippen molar-refractivity contribution in [3.8, 4) is 17.0 Å². The van der Waals surface area contributed by atoms with E-state index in [-0.39, 0.29) is 11.8 Å². The van der Waals surface area contributed by atoms with Gasteiger partial charge >= 0.3 is 0 Å². The first-order valence-electron chi connectivity index (χ1n) is 7.38. The highest BCUT2D eigenvalue weighted by Gasteiger charge is 2.21. The molecular formula is C16H19N3O2S. The molecule has 2 aromatic rings. The van der Waals surface area contributed by atoms with Gasteiger partial charge < -0.3 is 15.4 Å². The van der Waals surface area contributed by atoms with Crippen molar-refractivity contribution in [3.05, 3.63) is 29.6 Å². The highest BCUT2D eigenvalue weighted by Crippen LogP contribution is 2.27. The molecule has 0 spiro atoms. The Morgan fingerprint density at radius 1 is 1.41 bits per heavy atom. The van der Waals surface area contributed by atoms with E-state index in [1.54, 1.807) is 7.11 Å². The van der Waals surface area contributed by atoms with Crippen LogP contribution in [-0.4, -0.2) is 31.1 Å². The fraction of sp³-hybridized carbons (Fsp3) is 0.375. The zero-order valence-electron chi connectivity index (χ0n) is 12.5. The van der Waals surface area contributed by atoms with Gasteiger partial charge in [-0.2, -0.15) is 0 Å². The molecule has 1 aliphatic rings. The highest BCUT2D eigenvalue weighted by molar-refractivity contribution is 7.14. The minimum atomic E-state index is 0.0436. The van der Waals surface area contributed by atoms with Crippen LogP contribution in [0, 0.1) is 5.92 Å². The molecule has 1 amide bonds. The number of nitrogens with zero attached hydrogens (tertiary/aromatic N) is 1. The average molecular weight is 317 g/mol. The molecule has 1 atom stereocenters. The summed E-state index contributed by atoms with van der Waals surface area (Å²) in [7, 11) is 1.64. The number of carbonyl (C=O) groups is 1. The predicted octanol–water partition coefficient (Wildman–Crippen LogP) is 2.76. The second-order valence-corrected chi connectivity index (χ2v) is 6.16. The first kappa shape index (κ1) is 15.0. The SMILES string of the molecule is COc1ccc(-c2csc(NC(=O)C3CCCNC3)n2)cc1. The van der Waals surface area contributed by atoms with Crippen LogP contribution in [0.3, 0.4) is 0 Å². The molecule has 1 fully saturated rings. The number of ether oxygens (including phenoxy) is 1. The zero-order chi connectivity index (χ0) is 15.4. The number of benzene rings is 1. The van der Waals surface area contributed by atoms with Crippen molar-refractivity contribution in [2.24, 2.45) is 5.92 Å². The van der Waals surface area contributed by atoms with E-state index in [9.17, 15) is 4.79 Å². The van der Waals surface area contributed by atoms with Crippen LogP contribution < -0.4 is 15.4 Å². The maximum atomic E-state index is 12.2. The number of hydrogen-bond donors (Lipinski definition) is 2. The van der Waals surface area contributed by atoms with Gasteiger partial charge in [0.15, 0.2) is 5.13 Å². The molecule has 1 aromatic heterocycles. The second kappa shape index (κ2) is 6.89. The number of anilines is 1. The Balaban J connectivity index is 1.66. The maximum Gasteiger partial charge on any atom is 0.230 e. The van der Waals surface area contributed by atoms with E-state index in [1.165, 1.54) is 11.3 Å². The van der Waals surface area contributed by atoms with Gasteiger partial charge in [0, 0.05) is 17.5 Å². The molecule has 1 unspecified atom stereocenters. The summed E-state index contributed by atoms with van der Waals surface area (Å²) < 4.78 is 5.15. The summed E-state index contributed by atoms with van der Waals surface area (Å²) in [4.78, 5) is 16.7. The van der Waals surface area contributed by atoms with Crippen molar-refractivity contribution in [2.75, 3.05) is 25.5 Å². The minimum absolute atomic E-state index is 0.0436. The molecule has 116 valence electrons. The lowest BCUT2D eigenvalue weighted by atomic mass is 9.99. The van der Waals surface area contributed by atoms with Gasteiger partial charge in [-0.05, 0) is 43.7 Å². The Labute approximate surface area is 133 Å². The van der Waals surface area contributed by atoms with Gasteiger partial charge in [-0.1, -0.05) is 0 Å². The van der Waals surface area contributed by atoms with Crippen LogP contribution in [0.25, 0.3) is 11.3 Å². The Bertz CT molecular complexity index is 633. The number of nitrogens with one attached hydrogen (secondary N) is 2. The number of aromatic nitrogens is 1. The summed E-state index contributed by atoms with van der Waals surface area (Å²) in [5, 5.41) is 8.79. The van der Waals surface area contributed by atoms with Gasteiger partial charge in [0.2, 0.25) is 5.91 Å². The number of hydrogen-bond acceptors (Lipinski definition) is 5. The normalized spacial score (nSPS) is 18.0. The third-order valence-corrected chi connectivity index (χ3v) is 4.55. The predicted molar refractivity (Wildman–Crippen MR) is 88.3 cm³/mol. The van der Waals surface area contributed by atoms with Gasteiger partial charge in [0.1, 0.15) is 5.75 Å². The largest absolute Gasteiger partial charge is 0.497 e. The molecule has 5 nitrogen and oxygen atoms in total. The summed E-state index contributed by atoms with van der Waals surface area (Å²) in [6.45, 7) is 1.76. The molecule has 0 bridgehead atoms. The number of rotatable bonds is 4. The van der Waals surface area contributed by atoms with Gasteiger partial charge in [-0.25, -0.2) is 4.98 Å². The lowest BCUT2D eigenvalue weighted by Gasteiger charge is -2.21. The molecule has 6 heteroatoms. The first-order valence-corrected chi connectivity index (χ1v) is 8.26. The molecule has 0 radical (unpaired) electrons. The standard InChI is InChI=1S/C16H19N3O2S/c1-21-13-6-4-11(5-7-13)14-10-22-16(18-14)19-15(20)12-3-2-8-17-9-12/h4-7,10,12,17H,2-3,8-9H2,1H3,(H,18,19,20). The van der Waals surface area contributed by atoms with Gasteiger partial charge in [-0.3, -0.25) is 4.79 Å². The van der Waals surface area contributed by atoms with Crippen LogP contribution in [0.2, 0.25) is 0 Å². The Hall–Kier alpha value is -1.92. The van der Waals surface area contributed by atoms with Crippen LogP contribution >= 0.6 is 11.3 Å². The van der Waals surface area contributed by atoms with Gasteiger partial charge in [0.05, 0.1) is 18.7 Å². The Morgan fingerprint density at radius 2 is 2.23 bits per heavy atom. The van der Waals surface area contributed by atoms with Crippen molar-refractivity contribution in [1.82, 2.24) is 10.3 Å². The Morgan fingerprint density at radius 3 is 2.91 bits per heavy atom. The number of piperidine rings is 1. The molecule has 0 saturated carbocycles. The van der Waals surface area contributed by atoms with E-state index in [2.05, 4.69) is 15.6 Å². The topological polar surface area (TPSA) is 63.2 Å². The summed E-state index contributed by atoms with van der Waals surface area (Å²) in [5.41, 5.74) is 1.88. The van der Waals surface area contributed by atoms with E-state index in [4.69, 9.17) is 4.74 Å². The fourth-order valence-corrected chi connectivity index (χ4v) is 3.23. The van der Waals surface area contributed by atoms with Crippen LogP contribution in [0.4, 0.5) is 5.13 Å². The van der Waals surface area contributed by atoms with Crippen LogP contribution in [0.15, 0.2) is 29.6 Å². The summed E-state index contributed by atoms with van der Waals surface area (Å²) in [6.07, 6.45) is 1.99. The van der Waals surface area contributed by atoms with Crippen LogP contribution in [-0.2, 0) is 4.79 Å². The van der Waals surface area contributed by atoms with Gasteiger partial charge in [-0.15, -0.1) is 11.3 Å². The number of methoxy groups -OCH3 is 1. The molecule has 0 aliphatic carbocycles. The fourth-order valence-electron chi connectivity index (χ4n) is 2.51. The van der Waals surface area contributed by atoms with E-state index in [0.29, 0.717) is 5.13 Å². The minimum Gasteiger partial charge on any atom is -0.497 e. The molecule has 1 aliphatic heterocycles. The third kappa shape index (κ3) is 3.45. The van der Waals surface area contributed by atoms with E-state index in [1.807, 2.05) is 29.6 Å². The lowest BCUT2D eigenvalue weighted by molar-refractivity contribution is -0.120. The Kier molecular flexibility index (Phi) is 4.70. The molecule has 2 N–H and O–H groups in total. The van der Waals surface area contributed by atoms with Crippen molar-refractivity contribution >= 4 is 22.4 Å². The monoisotopic (exact) mass is 317 g/mol. The van der Waals surface area contributed by atoms with Crippen molar-refractivity contribution < 1.29 is 9.53 Å². The molecule has 1 aromatic carbocycles. The molecule has 1 saturated heterocycles. The molecule has 22 heavy (non-hydrogen) atoms. The second-order valence-electron chi connectivity index (χ2n) is 5.30. The van der Waals surface area contributed by atoms with Crippen molar-refractivity contribution in [2.45, 2.75) is 12.8 Å². The van der Waals surface area contributed by atoms with Crippen LogP contribution in [0.5, 0.6) is 5.75 Å². The maximum absolute atomic E-state index is 12.2. The van der Waals surface area contributed by atoms with Crippen LogP contribution in [0.1, 0.15) is 12.8 Å². The van der Waals surface area contributed by atoms with Crippen molar-refractivity contribution in [3.63, 3.8) is 0 Å². The van der Waals surface area contributed by atoms with E-state index >= 15 is 0 Å². The molecule has 2 heterocycles. The summed E-state index contributed by atoms with van der Waals surface area (Å²) in [6, 6.07) is 7.73. The number of amides is 1. The van der Waals surface area contributed by atoms with Crippen molar-refractivity contribution in [1.29, 1.82) is 0 Å². The lowest BCUT2D eigenvalue weighted by Crippen LogP contribution is -2.37. The molecule has 3 rings (SSSR count). The number of carbonyl (C=O) groups excluding carboxylic acids is 1. The summed E-state index contributed by atoms with van der Waals surface area (Å²) >= 11 is 1.45. The van der Waals surface area contributed by atoms with Gasteiger partial charge in [0.25, 0.3) is 0 Å². The smallest absolute Gasteiger partial charge is 0.230 e. The number of thiazole rings is 1. The zero-order valence-corrected chi connectivity index (χ0v) is 13.3. The highest BCUT2D eigenvalue weighted by atomic mass is 32.1. The quantitative estimate of drug-likeness (QED) is 0.910. The first-order chi connectivity index (χ1) is 10.8. The van der Waals surface area contributed by atoms with E-state index in [0.717, 1.165) is 42.9 Å². The molecular weight excluding hydrogens is 298 g/mol. The summed E-state index contributed by atoms with van der Waals surface area (Å²) in [5.74, 6) is 0.919. The van der Waals surface area contributed by atoms with E-state index < -0.39 is 0 Å². The third-order valence-electron chi connectivity index (χ3n) is 3.79.